The fourth-order valence-electron chi connectivity index (χ4n) is 2.99. The smallest absolute Gasteiger partial charge is 0.224 e. The predicted octanol–water partition coefficient (Wildman–Crippen LogP) is 3.50. The first-order valence-electron chi connectivity index (χ1n) is 9.33. The standard InChI is InChI=1S/C21H24N2O4S/c1-15(24)22-17-5-8-19(9-6-17)28(26)13-3-2-12-27-18-7-10-20-16(14-18)4-11-21(25)23-20/h5-10,14H,2-4,11-13H2,1H3,(H,22,24)(H,23,25). The highest BCUT2D eigenvalue weighted by Gasteiger charge is 2.15. The second-order valence-electron chi connectivity index (χ2n) is 6.68. The maximum Gasteiger partial charge on any atom is 0.224 e. The lowest BCUT2D eigenvalue weighted by Crippen LogP contribution is -2.18. The highest BCUT2D eigenvalue weighted by atomic mass is 32.2. The first-order valence-corrected chi connectivity index (χ1v) is 10.6. The summed E-state index contributed by atoms with van der Waals surface area (Å²) in [4.78, 5) is 23.2. The zero-order chi connectivity index (χ0) is 19.9. The Labute approximate surface area is 167 Å². The molecule has 0 bridgehead atoms. The van der Waals surface area contributed by atoms with Gasteiger partial charge >= 0.3 is 0 Å². The topological polar surface area (TPSA) is 90.5 Å². The molecule has 6 nitrogen and oxygen atoms in total. The molecule has 1 aliphatic rings. The van der Waals surface area contributed by atoms with Crippen LogP contribution in [0.25, 0.3) is 0 Å². The van der Waals surface area contributed by atoms with Crippen molar-refractivity contribution in [3.8, 4) is 5.75 Å². The van der Waals surface area contributed by atoms with Crippen LogP contribution >= 0.6 is 0 Å². The van der Waals surface area contributed by atoms with Crippen LogP contribution < -0.4 is 15.4 Å². The van der Waals surface area contributed by atoms with Gasteiger partial charge in [0, 0.05) is 24.7 Å². The second-order valence-corrected chi connectivity index (χ2v) is 8.25. The molecule has 1 heterocycles. The van der Waals surface area contributed by atoms with Crippen LogP contribution in [0.4, 0.5) is 11.4 Å². The van der Waals surface area contributed by atoms with Crippen molar-refractivity contribution < 1.29 is 18.9 Å². The van der Waals surface area contributed by atoms with Gasteiger partial charge in [-0.15, -0.1) is 0 Å². The van der Waals surface area contributed by atoms with Crippen LogP contribution in [0.3, 0.4) is 0 Å². The molecule has 2 N–H and O–H groups in total. The predicted molar refractivity (Wildman–Crippen MR) is 110 cm³/mol. The van der Waals surface area contributed by atoms with Crippen molar-refractivity contribution in [3.63, 3.8) is 0 Å². The molecular formula is C21H24N2O4S. The average molecular weight is 401 g/mol. The van der Waals surface area contributed by atoms with E-state index in [2.05, 4.69) is 10.6 Å². The van der Waals surface area contributed by atoms with Gasteiger partial charge in [-0.25, -0.2) is 0 Å². The summed E-state index contributed by atoms with van der Waals surface area (Å²) in [6.45, 7) is 2.01. The fourth-order valence-corrected chi connectivity index (χ4v) is 4.13. The molecule has 3 rings (SSSR count). The number of anilines is 2. The van der Waals surface area contributed by atoms with Crippen LogP contribution in [-0.4, -0.2) is 28.7 Å². The molecule has 0 radical (unpaired) electrons. The number of unbranched alkanes of at least 4 members (excludes halogenated alkanes) is 1. The average Bonchev–Trinajstić information content (AvgIpc) is 2.67. The summed E-state index contributed by atoms with van der Waals surface area (Å²) in [5.41, 5.74) is 2.66. The number of ether oxygens (including phenoxy) is 1. The third kappa shape index (κ3) is 5.74. The number of nitrogens with one attached hydrogen (secondary N) is 2. The molecular weight excluding hydrogens is 376 g/mol. The molecule has 7 heteroatoms. The van der Waals surface area contributed by atoms with Crippen LogP contribution in [0, 0.1) is 0 Å². The number of carbonyl (C=O) groups is 2. The van der Waals surface area contributed by atoms with E-state index in [1.54, 1.807) is 24.3 Å². The van der Waals surface area contributed by atoms with Gasteiger partial charge in [0.1, 0.15) is 11.5 Å². The van der Waals surface area contributed by atoms with Gasteiger partial charge in [0.2, 0.25) is 11.8 Å². The maximum absolute atomic E-state index is 12.3. The minimum atomic E-state index is -1.07. The number of benzene rings is 2. The zero-order valence-electron chi connectivity index (χ0n) is 15.8. The summed E-state index contributed by atoms with van der Waals surface area (Å²) in [6.07, 6.45) is 2.84. The van der Waals surface area contributed by atoms with Crippen molar-refractivity contribution >= 4 is 34.4 Å². The molecule has 0 aromatic heterocycles. The third-order valence-corrected chi connectivity index (χ3v) is 5.86. The minimum absolute atomic E-state index is 0.0546. The molecule has 1 atom stereocenters. The number of rotatable bonds is 8. The first-order chi connectivity index (χ1) is 13.5. The van der Waals surface area contributed by atoms with Gasteiger partial charge in [0.25, 0.3) is 0 Å². The van der Waals surface area contributed by atoms with E-state index in [4.69, 9.17) is 4.74 Å². The van der Waals surface area contributed by atoms with Crippen LogP contribution in [0.15, 0.2) is 47.4 Å². The molecule has 2 aromatic carbocycles. The van der Waals surface area contributed by atoms with E-state index in [0.29, 0.717) is 24.5 Å². The van der Waals surface area contributed by atoms with Crippen LogP contribution in [-0.2, 0) is 27.2 Å². The molecule has 0 saturated carbocycles. The summed E-state index contributed by atoms with van der Waals surface area (Å²) in [5, 5.41) is 5.55. The molecule has 2 aromatic rings. The number of fused-ring (bicyclic) bond motifs is 1. The molecule has 148 valence electrons. The summed E-state index contributed by atoms with van der Waals surface area (Å²) >= 11 is -1.07. The molecule has 0 aliphatic carbocycles. The highest BCUT2D eigenvalue weighted by Crippen LogP contribution is 2.27. The number of carbonyl (C=O) groups excluding carboxylic acids is 2. The Kier molecular flexibility index (Phi) is 6.95. The lowest BCUT2D eigenvalue weighted by molar-refractivity contribution is -0.116. The Bertz CT molecular complexity index is 839. The Morgan fingerprint density at radius 3 is 2.71 bits per heavy atom. The van der Waals surface area contributed by atoms with Gasteiger partial charge in [-0.05, 0) is 78.5 Å². The minimum Gasteiger partial charge on any atom is -0.611 e. The molecule has 0 spiro atoms. The number of hydrogen-bond donors (Lipinski definition) is 2. The van der Waals surface area contributed by atoms with E-state index in [0.717, 1.165) is 41.2 Å². The maximum atomic E-state index is 12.3. The van der Waals surface area contributed by atoms with E-state index in [9.17, 15) is 14.1 Å². The van der Waals surface area contributed by atoms with Crippen LogP contribution in [0.5, 0.6) is 5.75 Å². The summed E-state index contributed by atoms with van der Waals surface area (Å²) in [7, 11) is 0. The SMILES string of the molecule is CC(=O)Nc1ccc([S+]([O-])CCCCOc2ccc3c(c2)CCC(=O)N3)cc1. The first kappa shape index (κ1) is 20.2. The summed E-state index contributed by atoms with van der Waals surface area (Å²) in [6, 6.07) is 12.8. The quantitative estimate of drug-likeness (QED) is 0.524. The number of hydrogen-bond acceptors (Lipinski definition) is 4. The molecule has 0 saturated heterocycles. The van der Waals surface area contributed by atoms with Gasteiger partial charge in [-0.2, -0.15) is 0 Å². The number of amides is 2. The third-order valence-electron chi connectivity index (χ3n) is 4.40. The van der Waals surface area contributed by atoms with Crippen molar-refractivity contribution in [2.45, 2.75) is 37.5 Å². The van der Waals surface area contributed by atoms with Crippen molar-refractivity contribution in [1.82, 2.24) is 0 Å². The van der Waals surface area contributed by atoms with Crippen molar-refractivity contribution in [1.29, 1.82) is 0 Å². The second kappa shape index (κ2) is 9.61. The Morgan fingerprint density at radius 1 is 1.18 bits per heavy atom. The zero-order valence-corrected chi connectivity index (χ0v) is 16.6. The van der Waals surface area contributed by atoms with Crippen LogP contribution in [0.1, 0.15) is 31.7 Å². The van der Waals surface area contributed by atoms with E-state index in [1.165, 1.54) is 6.92 Å². The summed E-state index contributed by atoms with van der Waals surface area (Å²) < 4.78 is 18.1. The van der Waals surface area contributed by atoms with Gasteiger partial charge < -0.3 is 19.9 Å². The molecule has 28 heavy (non-hydrogen) atoms. The summed E-state index contributed by atoms with van der Waals surface area (Å²) in [5.74, 6) is 1.29. The van der Waals surface area contributed by atoms with Gasteiger partial charge in [-0.1, -0.05) is 0 Å². The van der Waals surface area contributed by atoms with Crippen LogP contribution in [0.2, 0.25) is 0 Å². The van der Waals surface area contributed by atoms with Crippen molar-refractivity contribution in [2.24, 2.45) is 0 Å². The number of aryl methyl sites for hydroxylation is 1. The van der Waals surface area contributed by atoms with Crippen molar-refractivity contribution in [3.05, 3.63) is 48.0 Å². The van der Waals surface area contributed by atoms with Gasteiger partial charge in [-0.3, -0.25) is 9.59 Å². The lowest BCUT2D eigenvalue weighted by Gasteiger charge is -2.17. The molecule has 1 aliphatic heterocycles. The van der Waals surface area contributed by atoms with Crippen molar-refractivity contribution in [2.75, 3.05) is 23.0 Å². The largest absolute Gasteiger partial charge is 0.611 e. The normalized spacial score (nSPS) is 14.0. The van der Waals surface area contributed by atoms with E-state index < -0.39 is 11.2 Å². The molecule has 1 unspecified atom stereocenters. The van der Waals surface area contributed by atoms with Gasteiger partial charge in [0.05, 0.1) is 6.61 Å². The molecule has 2 amide bonds. The van der Waals surface area contributed by atoms with E-state index >= 15 is 0 Å². The Morgan fingerprint density at radius 2 is 1.96 bits per heavy atom. The monoisotopic (exact) mass is 400 g/mol. The Balaban J connectivity index is 1.38. The lowest BCUT2D eigenvalue weighted by atomic mass is 10.0. The fraction of sp³-hybridized carbons (Fsp3) is 0.333. The Hall–Kier alpha value is -2.51. The van der Waals surface area contributed by atoms with E-state index in [-0.39, 0.29) is 11.8 Å². The highest BCUT2D eigenvalue weighted by molar-refractivity contribution is 7.91. The van der Waals surface area contributed by atoms with E-state index in [1.807, 2.05) is 18.2 Å². The van der Waals surface area contributed by atoms with Gasteiger partial charge in [0.15, 0.2) is 4.90 Å². The molecule has 0 fully saturated rings.